The zero-order chi connectivity index (χ0) is 20.6. The Morgan fingerprint density at radius 1 is 1.30 bits per heavy atom. The fourth-order valence-electron chi connectivity index (χ4n) is 3.40. The van der Waals surface area contributed by atoms with Gasteiger partial charge in [-0.25, -0.2) is 4.99 Å². The average Bonchev–Trinajstić information content (AvgIpc) is 3.06. The monoisotopic (exact) mass is 528 g/mol. The standard InChI is InChI=1S/C21H32N6O2.HI/c1-16-8-5-6-9-18(16)19-15-27(11-13-29-19)21(22-10-7-12-28-4)23-14-20-25-24-17(2)26(20)3;/h5-6,8-9,19H,7,10-15H2,1-4H3,(H,22,23);1H. The minimum absolute atomic E-state index is 0. The van der Waals surface area contributed by atoms with Gasteiger partial charge in [0.2, 0.25) is 0 Å². The van der Waals surface area contributed by atoms with E-state index in [0.29, 0.717) is 13.2 Å². The van der Waals surface area contributed by atoms with E-state index in [1.54, 1.807) is 7.11 Å². The molecule has 3 rings (SSSR count). The summed E-state index contributed by atoms with van der Waals surface area (Å²) in [5, 5.41) is 11.8. The van der Waals surface area contributed by atoms with E-state index in [-0.39, 0.29) is 30.1 Å². The summed E-state index contributed by atoms with van der Waals surface area (Å²) in [5.41, 5.74) is 2.49. The van der Waals surface area contributed by atoms with Crippen LogP contribution in [0.3, 0.4) is 0 Å². The molecule has 1 N–H and O–H groups in total. The van der Waals surface area contributed by atoms with Crippen LogP contribution in [0, 0.1) is 13.8 Å². The highest BCUT2D eigenvalue weighted by molar-refractivity contribution is 14.0. The second kappa shape index (κ2) is 12.2. The van der Waals surface area contributed by atoms with E-state index in [1.165, 1.54) is 11.1 Å². The van der Waals surface area contributed by atoms with Crippen LogP contribution < -0.4 is 5.32 Å². The van der Waals surface area contributed by atoms with E-state index < -0.39 is 0 Å². The van der Waals surface area contributed by atoms with Gasteiger partial charge in [0, 0.05) is 33.9 Å². The Labute approximate surface area is 196 Å². The molecule has 1 fully saturated rings. The molecule has 1 aliphatic rings. The van der Waals surface area contributed by atoms with E-state index >= 15 is 0 Å². The van der Waals surface area contributed by atoms with Crippen molar-refractivity contribution < 1.29 is 9.47 Å². The van der Waals surface area contributed by atoms with Gasteiger partial charge < -0.3 is 24.3 Å². The van der Waals surface area contributed by atoms with E-state index in [2.05, 4.69) is 51.6 Å². The first kappa shape index (κ1) is 24.5. The van der Waals surface area contributed by atoms with E-state index in [1.807, 2.05) is 18.5 Å². The van der Waals surface area contributed by atoms with Crippen molar-refractivity contribution in [3.8, 4) is 0 Å². The molecule has 1 saturated heterocycles. The van der Waals surface area contributed by atoms with Crippen LogP contribution in [-0.2, 0) is 23.1 Å². The third-order valence-corrected chi connectivity index (χ3v) is 5.26. The maximum Gasteiger partial charge on any atom is 0.194 e. The topological polar surface area (TPSA) is 76.8 Å². The molecule has 9 heteroatoms. The minimum atomic E-state index is 0. The summed E-state index contributed by atoms with van der Waals surface area (Å²) in [6.45, 7) is 8.31. The number of benzene rings is 1. The number of aryl methyl sites for hydroxylation is 2. The molecule has 0 aliphatic carbocycles. The first-order valence-electron chi connectivity index (χ1n) is 10.1. The lowest BCUT2D eigenvalue weighted by Gasteiger charge is -2.36. The zero-order valence-corrected chi connectivity index (χ0v) is 20.6. The number of rotatable bonds is 7. The number of hydrogen-bond acceptors (Lipinski definition) is 5. The molecule has 1 aliphatic heterocycles. The molecule has 0 radical (unpaired) electrons. The molecule has 0 amide bonds. The fourth-order valence-corrected chi connectivity index (χ4v) is 3.40. The second-order valence-electron chi connectivity index (χ2n) is 7.30. The summed E-state index contributed by atoms with van der Waals surface area (Å²) in [5.74, 6) is 2.61. The first-order valence-corrected chi connectivity index (χ1v) is 10.1. The first-order chi connectivity index (χ1) is 14.1. The molecule has 1 aromatic carbocycles. The Bertz CT molecular complexity index is 826. The molecule has 2 aromatic rings. The maximum absolute atomic E-state index is 6.08. The fraction of sp³-hybridized carbons (Fsp3) is 0.571. The predicted molar refractivity (Wildman–Crippen MR) is 128 cm³/mol. The smallest absolute Gasteiger partial charge is 0.194 e. The Balaban J connectivity index is 0.00000320. The van der Waals surface area contributed by atoms with Gasteiger partial charge in [0.25, 0.3) is 0 Å². The molecule has 0 bridgehead atoms. The van der Waals surface area contributed by atoms with Gasteiger partial charge in [-0.2, -0.15) is 0 Å². The highest BCUT2D eigenvalue weighted by Gasteiger charge is 2.25. The number of morpholine rings is 1. The third kappa shape index (κ3) is 6.39. The van der Waals surface area contributed by atoms with Crippen molar-refractivity contribution in [3.63, 3.8) is 0 Å². The number of methoxy groups -OCH3 is 1. The van der Waals surface area contributed by atoms with Crippen LogP contribution in [0.2, 0.25) is 0 Å². The Hall–Kier alpha value is -1.72. The van der Waals surface area contributed by atoms with Crippen LogP contribution in [0.1, 0.15) is 35.3 Å². The van der Waals surface area contributed by atoms with Crippen LogP contribution in [0.5, 0.6) is 0 Å². The quantitative estimate of drug-likeness (QED) is 0.258. The molecule has 166 valence electrons. The number of nitrogens with one attached hydrogen (secondary N) is 1. The van der Waals surface area contributed by atoms with Gasteiger partial charge in [0.05, 0.1) is 13.2 Å². The van der Waals surface area contributed by atoms with Gasteiger partial charge in [-0.3, -0.25) is 0 Å². The SMILES string of the molecule is COCCCNC(=NCc1nnc(C)n1C)N1CCOC(c2ccccc2C)C1.I. The van der Waals surface area contributed by atoms with Crippen molar-refractivity contribution >= 4 is 29.9 Å². The van der Waals surface area contributed by atoms with Crippen LogP contribution in [0.15, 0.2) is 29.3 Å². The molecule has 30 heavy (non-hydrogen) atoms. The Morgan fingerprint density at radius 2 is 2.10 bits per heavy atom. The van der Waals surface area contributed by atoms with E-state index in [9.17, 15) is 0 Å². The lowest BCUT2D eigenvalue weighted by molar-refractivity contribution is -0.00839. The van der Waals surface area contributed by atoms with E-state index in [4.69, 9.17) is 14.5 Å². The van der Waals surface area contributed by atoms with E-state index in [0.717, 1.165) is 50.3 Å². The molecule has 0 spiro atoms. The summed E-state index contributed by atoms with van der Waals surface area (Å²) in [4.78, 5) is 7.13. The number of ether oxygens (including phenoxy) is 2. The largest absolute Gasteiger partial charge is 0.385 e. The molecular weight excluding hydrogens is 495 g/mol. The number of nitrogens with zero attached hydrogens (tertiary/aromatic N) is 5. The van der Waals surface area contributed by atoms with Crippen LogP contribution >= 0.6 is 24.0 Å². The lowest BCUT2D eigenvalue weighted by Crippen LogP contribution is -2.48. The summed E-state index contributed by atoms with van der Waals surface area (Å²) < 4.78 is 13.2. The second-order valence-corrected chi connectivity index (χ2v) is 7.30. The number of guanidine groups is 1. The summed E-state index contributed by atoms with van der Waals surface area (Å²) >= 11 is 0. The van der Waals surface area contributed by atoms with Crippen molar-refractivity contribution in [2.24, 2.45) is 12.0 Å². The summed E-state index contributed by atoms with van der Waals surface area (Å²) in [6, 6.07) is 8.41. The molecule has 8 nitrogen and oxygen atoms in total. The van der Waals surface area contributed by atoms with Crippen molar-refractivity contribution in [2.75, 3.05) is 40.0 Å². The normalized spacial score (nSPS) is 17.0. The zero-order valence-electron chi connectivity index (χ0n) is 18.3. The Morgan fingerprint density at radius 3 is 2.80 bits per heavy atom. The molecule has 1 atom stereocenters. The lowest BCUT2D eigenvalue weighted by atomic mass is 10.0. The van der Waals surface area contributed by atoms with Crippen LogP contribution in [0.25, 0.3) is 0 Å². The van der Waals surface area contributed by atoms with Gasteiger partial charge >= 0.3 is 0 Å². The molecular formula is C21H33IN6O2. The van der Waals surface area contributed by atoms with Gasteiger partial charge in [-0.15, -0.1) is 34.2 Å². The van der Waals surface area contributed by atoms with Crippen molar-refractivity contribution in [2.45, 2.75) is 32.9 Å². The number of hydrogen-bond donors (Lipinski definition) is 1. The molecule has 0 saturated carbocycles. The van der Waals surface area contributed by atoms with Crippen molar-refractivity contribution in [3.05, 3.63) is 47.0 Å². The Kier molecular flexibility index (Phi) is 9.99. The molecule has 1 unspecified atom stereocenters. The highest BCUT2D eigenvalue weighted by atomic mass is 127. The van der Waals surface area contributed by atoms with Gasteiger partial charge in [-0.05, 0) is 31.4 Å². The van der Waals surface area contributed by atoms with Crippen molar-refractivity contribution in [1.29, 1.82) is 0 Å². The van der Waals surface area contributed by atoms with Crippen molar-refractivity contribution in [1.82, 2.24) is 25.0 Å². The highest BCUT2D eigenvalue weighted by Crippen LogP contribution is 2.25. The summed E-state index contributed by atoms with van der Waals surface area (Å²) in [6.07, 6.45) is 0.956. The van der Waals surface area contributed by atoms with Gasteiger partial charge in [0.1, 0.15) is 18.5 Å². The maximum atomic E-state index is 6.08. The summed E-state index contributed by atoms with van der Waals surface area (Å²) in [7, 11) is 3.69. The van der Waals surface area contributed by atoms with Gasteiger partial charge in [-0.1, -0.05) is 24.3 Å². The molecule has 1 aromatic heterocycles. The average molecular weight is 528 g/mol. The number of halogens is 1. The number of aromatic nitrogens is 3. The number of aliphatic imine (C=N–C) groups is 1. The predicted octanol–water partition coefficient (Wildman–Crippen LogP) is 2.61. The molecule has 2 heterocycles. The third-order valence-electron chi connectivity index (χ3n) is 5.26. The van der Waals surface area contributed by atoms with Gasteiger partial charge in [0.15, 0.2) is 11.8 Å². The minimum Gasteiger partial charge on any atom is -0.385 e. The van der Waals surface area contributed by atoms with Crippen LogP contribution in [-0.4, -0.2) is 65.6 Å². The van der Waals surface area contributed by atoms with Crippen LogP contribution in [0.4, 0.5) is 0 Å².